The number of piperidine rings is 1. The van der Waals surface area contributed by atoms with Gasteiger partial charge in [0.05, 0.1) is 11.7 Å². The molecule has 0 saturated carbocycles. The summed E-state index contributed by atoms with van der Waals surface area (Å²) in [5.41, 5.74) is 2.50. The van der Waals surface area contributed by atoms with E-state index in [0.29, 0.717) is 12.4 Å². The topological polar surface area (TPSA) is 67.7 Å². The number of pyridine rings is 1. The van der Waals surface area contributed by atoms with E-state index >= 15 is 0 Å². The number of nitrogens with one attached hydrogen (secondary N) is 2. The van der Waals surface area contributed by atoms with Crippen molar-refractivity contribution in [2.24, 2.45) is 0 Å². The lowest BCUT2D eigenvalue weighted by molar-refractivity contribution is -0.118. The van der Waals surface area contributed by atoms with E-state index in [1.807, 2.05) is 59.3 Å². The predicted octanol–water partition coefficient (Wildman–Crippen LogP) is 2.99. The van der Waals surface area contributed by atoms with Crippen molar-refractivity contribution < 1.29 is 9.53 Å². The van der Waals surface area contributed by atoms with Crippen molar-refractivity contribution in [1.82, 2.24) is 14.7 Å². The molecule has 0 radical (unpaired) electrons. The molecule has 1 amide bonds. The molecule has 0 spiro atoms. The molecule has 1 atom stereocenters. The van der Waals surface area contributed by atoms with Crippen molar-refractivity contribution in [3.05, 3.63) is 60.6 Å². The maximum atomic E-state index is 12.3. The van der Waals surface area contributed by atoms with E-state index in [0.717, 1.165) is 42.8 Å². The second-order valence-corrected chi connectivity index (χ2v) is 6.51. The standard InChI is InChI=1S/C20H22N4O2/c25-20(18-8-1-3-10-21-18)23-15-6-5-7-17(12-15)26-14-16-13-24-11-4-2-9-19(24)22-16/h2,4-7,9,11-13,18,21H,1,3,8,10,14H2,(H,23,25)/t18-/m1/s1. The first-order chi connectivity index (χ1) is 12.8. The molecule has 0 unspecified atom stereocenters. The van der Waals surface area contributed by atoms with Crippen LogP contribution in [0.5, 0.6) is 5.75 Å². The first kappa shape index (κ1) is 16.6. The largest absolute Gasteiger partial charge is 0.487 e. The van der Waals surface area contributed by atoms with Gasteiger partial charge in [-0.3, -0.25) is 4.79 Å². The number of carbonyl (C=O) groups excluding carboxylic acids is 1. The number of carbonyl (C=O) groups is 1. The molecule has 2 N–H and O–H groups in total. The molecule has 2 aromatic heterocycles. The predicted molar refractivity (Wildman–Crippen MR) is 100 cm³/mol. The van der Waals surface area contributed by atoms with Gasteiger partial charge in [-0.2, -0.15) is 0 Å². The molecule has 1 aliphatic heterocycles. The Hall–Kier alpha value is -2.86. The van der Waals surface area contributed by atoms with Gasteiger partial charge in [0, 0.05) is 24.1 Å². The van der Waals surface area contributed by atoms with Gasteiger partial charge in [0.25, 0.3) is 0 Å². The fraction of sp³-hybridized carbons (Fsp3) is 0.300. The van der Waals surface area contributed by atoms with Crippen LogP contribution in [0.2, 0.25) is 0 Å². The Labute approximate surface area is 152 Å². The van der Waals surface area contributed by atoms with Crippen molar-refractivity contribution in [2.45, 2.75) is 31.9 Å². The number of amides is 1. The van der Waals surface area contributed by atoms with Crippen LogP contribution in [-0.2, 0) is 11.4 Å². The summed E-state index contributed by atoms with van der Waals surface area (Å²) in [4.78, 5) is 16.9. The smallest absolute Gasteiger partial charge is 0.241 e. The number of anilines is 1. The molecule has 1 aliphatic rings. The van der Waals surface area contributed by atoms with Crippen LogP contribution in [0, 0.1) is 0 Å². The number of hydrogen-bond acceptors (Lipinski definition) is 4. The monoisotopic (exact) mass is 350 g/mol. The van der Waals surface area contributed by atoms with Crippen molar-refractivity contribution in [3.8, 4) is 5.75 Å². The number of fused-ring (bicyclic) bond motifs is 1. The zero-order valence-electron chi connectivity index (χ0n) is 14.5. The van der Waals surface area contributed by atoms with Crippen LogP contribution >= 0.6 is 0 Å². The number of aromatic nitrogens is 2. The first-order valence-electron chi connectivity index (χ1n) is 8.98. The first-order valence-corrected chi connectivity index (χ1v) is 8.98. The van der Waals surface area contributed by atoms with Gasteiger partial charge >= 0.3 is 0 Å². The van der Waals surface area contributed by atoms with Gasteiger partial charge in [-0.1, -0.05) is 18.6 Å². The molecule has 4 rings (SSSR count). The molecule has 3 heterocycles. The van der Waals surface area contributed by atoms with E-state index in [4.69, 9.17) is 4.74 Å². The molecule has 6 nitrogen and oxygen atoms in total. The Kier molecular flexibility index (Phi) is 4.84. The SMILES string of the molecule is O=C(Nc1cccc(OCc2cn3ccccc3n2)c1)[C@H]1CCCCN1. The molecule has 3 aromatic rings. The highest BCUT2D eigenvalue weighted by Crippen LogP contribution is 2.19. The van der Waals surface area contributed by atoms with E-state index in [-0.39, 0.29) is 11.9 Å². The van der Waals surface area contributed by atoms with Crippen molar-refractivity contribution in [1.29, 1.82) is 0 Å². The lowest BCUT2D eigenvalue weighted by Crippen LogP contribution is -2.43. The minimum atomic E-state index is -0.105. The van der Waals surface area contributed by atoms with Crippen LogP contribution in [0.1, 0.15) is 25.0 Å². The normalized spacial score (nSPS) is 17.2. The fourth-order valence-electron chi connectivity index (χ4n) is 3.18. The molecule has 1 aromatic carbocycles. The summed E-state index contributed by atoms with van der Waals surface area (Å²) in [6.45, 7) is 1.28. The highest BCUT2D eigenvalue weighted by atomic mass is 16.5. The number of ether oxygens (including phenoxy) is 1. The van der Waals surface area contributed by atoms with Crippen LogP contribution < -0.4 is 15.4 Å². The number of nitrogens with zero attached hydrogens (tertiary/aromatic N) is 2. The van der Waals surface area contributed by atoms with Crippen molar-refractivity contribution in [2.75, 3.05) is 11.9 Å². The van der Waals surface area contributed by atoms with Gasteiger partial charge in [-0.15, -0.1) is 0 Å². The van der Waals surface area contributed by atoms with Crippen molar-refractivity contribution >= 4 is 17.2 Å². The lowest BCUT2D eigenvalue weighted by atomic mass is 10.0. The van der Waals surface area contributed by atoms with Crippen LogP contribution in [0.15, 0.2) is 54.9 Å². The van der Waals surface area contributed by atoms with Gasteiger partial charge in [0.15, 0.2) is 0 Å². The molecule has 134 valence electrons. The Morgan fingerprint density at radius 1 is 1.27 bits per heavy atom. The second kappa shape index (κ2) is 7.58. The van der Waals surface area contributed by atoms with Crippen LogP contribution in [0.25, 0.3) is 5.65 Å². The number of imidazole rings is 1. The summed E-state index contributed by atoms with van der Waals surface area (Å²) in [5, 5.41) is 6.23. The third-order valence-corrected chi connectivity index (χ3v) is 4.53. The molecular weight excluding hydrogens is 328 g/mol. The molecule has 26 heavy (non-hydrogen) atoms. The summed E-state index contributed by atoms with van der Waals surface area (Å²) in [6, 6.07) is 13.3. The number of rotatable bonds is 5. The highest BCUT2D eigenvalue weighted by molar-refractivity contribution is 5.95. The zero-order valence-corrected chi connectivity index (χ0v) is 14.5. The average molecular weight is 350 g/mol. The minimum absolute atomic E-state index is 0.0159. The summed E-state index contributed by atoms with van der Waals surface area (Å²) in [5.74, 6) is 0.721. The van der Waals surface area contributed by atoms with Gasteiger partial charge in [-0.05, 0) is 43.7 Å². The quantitative estimate of drug-likeness (QED) is 0.742. The Bertz CT molecular complexity index is 866. The highest BCUT2D eigenvalue weighted by Gasteiger charge is 2.20. The Morgan fingerprint density at radius 2 is 2.23 bits per heavy atom. The van der Waals surface area contributed by atoms with Gasteiger partial charge in [0.2, 0.25) is 5.91 Å². The Balaban J connectivity index is 1.38. The van der Waals surface area contributed by atoms with Gasteiger partial charge < -0.3 is 19.8 Å². The molecular formula is C20H22N4O2. The third-order valence-electron chi connectivity index (χ3n) is 4.53. The number of benzene rings is 1. The van der Waals surface area contributed by atoms with Crippen LogP contribution in [0.4, 0.5) is 5.69 Å². The van der Waals surface area contributed by atoms with E-state index in [1.165, 1.54) is 0 Å². The van der Waals surface area contributed by atoms with E-state index in [1.54, 1.807) is 0 Å². The summed E-state index contributed by atoms with van der Waals surface area (Å²) in [7, 11) is 0. The van der Waals surface area contributed by atoms with E-state index in [9.17, 15) is 4.79 Å². The molecule has 1 saturated heterocycles. The third kappa shape index (κ3) is 3.86. The molecule has 0 bridgehead atoms. The lowest BCUT2D eigenvalue weighted by Gasteiger charge is -2.22. The minimum Gasteiger partial charge on any atom is -0.487 e. The molecule has 0 aliphatic carbocycles. The maximum Gasteiger partial charge on any atom is 0.241 e. The summed E-state index contributed by atoms with van der Waals surface area (Å²) < 4.78 is 7.81. The number of hydrogen-bond donors (Lipinski definition) is 2. The fourth-order valence-corrected chi connectivity index (χ4v) is 3.18. The van der Waals surface area contributed by atoms with Crippen molar-refractivity contribution in [3.63, 3.8) is 0 Å². The zero-order chi connectivity index (χ0) is 17.8. The summed E-state index contributed by atoms with van der Waals surface area (Å²) >= 11 is 0. The van der Waals surface area contributed by atoms with E-state index in [2.05, 4.69) is 15.6 Å². The van der Waals surface area contributed by atoms with Gasteiger partial charge in [-0.25, -0.2) is 4.98 Å². The molecule has 1 fully saturated rings. The van der Waals surface area contributed by atoms with Gasteiger partial charge in [0.1, 0.15) is 18.0 Å². The van der Waals surface area contributed by atoms with E-state index < -0.39 is 0 Å². The maximum absolute atomic E-state index is 12.3. The van der Waals surface area contributed by atoms with Crippen LogP contribution in [-0.4, -0.2) is 27.9 Å². The summed E-state index contributed by atoms with van der Waals surface area (Å²) in [6.07, 6.45) is 7.02. The average Bonchev–Trinajstić information content (AvgIpc) is 3.10. The van der Waals surface area contributed by atoms with Crippen LogP contribution in [0.3, 0.4) is 0 Å². The molecule has 6 heteroatoms. The second-order valence-electron chi connectivity index (χ2n) is 6.51. The Morgan fingerprint density at radius 3 is 3.08 bits per heavy atom.